The SMILES string of the molecule is O=[N+]([O-])c1ccc(S(=O)(=O)[O-])c(Cl)c1[N+](=O)[O-].[Li+]. The summed E-state index contributed by atoms with van der Waals surface area (Å²) in [4.78, 5) is 17.6. The number of rotatable bonds is 3. The third kappa shape index (κ3) is 3.18. The molecule has 12 heteroatoms. The van der Waals surface area contributed by atoms with Gasteiger partial charge >= 0.3 is 30.2 Å². The van der Waals surface area contributed by atoms with Gasteiger partial charge < -0.3 is 4.55 Å². The fourth-order valence-corrected chi connectivity index (χ4v) is 2.11. The Hall–Kier alpha value is -1.18. The normalized spacial score (nSPS) is 10.6. The van der Waals surface area contributed by atoms with E-state index in [0.717, 1.165) is 0 Å². The molecule has 0 aromatic heterocycles. The summed E-state index contributed by atoms with van der Waals surface area (Å²) in [5, 5.41) is 19.9. The van der Waals surface area contributed by atoms with Crippen LogP contribution in [-0.4, -0.2) is 22.8 Å². The molecule has 0 heterocycles. The standard InChI is InChI=1S/C6H3ClN2O7S.Li/c7-5-4(17(14,15)16)2-1-3(8(10)11)6(5)9(12)13;/h1-2H,(H,14,15,16);/q;+1/p-1. The minimum atomic E-state index is -5.04. The molecular formula is C6H2ClLiN2O7S. The summed E-state index contributed by atoms with van der Waals surface area (Å²) in [6, 6.07) is 1.09. The minimum absolute atomic E-state index is 0. The summed E-state index contributed by atoms with van der Waals surface area (Å²) in [7, 11) is -5.04. The molecule has 0 unspecified atom stereocenters. The minimum Gasteiger partial charge on any atom is -0.744 e. The molecule has 0 aliphatic carbocycles. The summed E-state index contributed by atoms with van der Waals surface area (Å²) < 4.78 is 32.0. The Morgan fingerprint density at radius 1 is 1.11 bits per heavy atom. The van der Waals surface area contributed by atoms with Gasteiger partial charge in [-0.3, -0.25) is 20.2 Å². The van der Waals surface area contributed by atoms with Gasteiger partial charge in [0.25, 0.3) is 0 Å². The van der Waals surface area contributed by atoms with Gasteiger partial charge in [-0.1, -0.05) is 11.6 Å². The van der Waals surface area contributed by atoms with Crippen LogP contribution in [0.5, 0.6) is 0 Å². The van der Waals surface area contributed by atoms with Crippen LogP contribution < -0.4 is 18.9 Å². The zero-order valence-corrected chi connectivity index (χ0v) is 10.3. The number of nitro benzene ring substituents is 2. The van der Waals surface area contributed by atoms with Crippen LogP contribution in [0.3, 0.4) is 0 Å². The molecule has 0 spiro atoms. The molecule has 0 radical (unpaired) electrons. The van der Waals surface area contributed by atoms with E-state index in [1.165, 1.54) is 0 Å². The Bertz CT molecular complexity index is 617. The number of hydrogen-bond acceptors (Lipinski definition) is 7. The Labute approximate surface area is 117 Å². The number of hydrogen-bond donors (Lipinski definition) is 0. The van der Waals surface area contributed by atoms with Crippen molar-refractivity contribution in [3.05, 3.63) is 37.4 Å². The van der Waals surface area contributed by atoms with Crippen LogP contribution in [0.2, 0.25) is 5.02 Å². The first-order valence-electron chi connectivity index (χ1n) is 3.73. The van der Waals surface area contributed by atoms with Crippen molar-refractivity contribution in [2.45, 2.75) is 4.90 Å². The predicted octanol–water partition coefficient (Wildman–Crippen LogP) is -1.94. The van der Waals surface area contributed by atoms with Gasteiger partial charge in [0, 0.05) is 6.07 Å². The number of halogens is 1. The van der Waals surface area contributed by atoms with Gasteiger partial charge in [-0.05, 0) is 6.07 Å². The topological polar surface area (TPSA) is 143 Å². The van der Waals surface area contributed by atoms with Crippen LogP contribution in [0.15, 0.2) is 17.0 Å². The van der Waals surface area contributed by atoms with Crippen LogP contribution >= 0.6 is 11.6 Å². The zero-order valence-electron chi connectivity index (χ0n) is 8.69. The number of nitro groups is 2. The molecule has 0 aliphatic heterocycles. The van der Waals surface area contributed by atoms with E-state index >= 15 is 0 Å². The van der Waals surface area contributed by atoms with Gasteiger partial charge in [0.2, 0.25) is 0 Å². The summed E-state index contributed by atoms with van der Waals surface area (Å²) in [5.74, 6) is 0. The van der Waals surface area contributed by atoms with E-state index < -0.39 is 41.3 Å². The molecule has 0 aliphatic rings. The van der Waals surface area contributed by atoms with Crippen LogP contribution in [0, 0.1) is 20.2 Å². The fraction of sp³-hybridized carbons (Fsp3) is 0. The molecule has 1 aromatic rings. The van der Waals surface area contributed by atoms with Gasteiger partial charge in [0.1, 0.15) is 15.1 Å². The summed E-state index contributed by atoms with van der Waals surface area (Å²) in [6.45, 7) is 0. The second kappa shape index (κ2) is 5.64. The third-order valence-electron chi connectivity index (χ3n) is 1.71. The van der Waals surface area contributed by atoms with Crippen LogP contribution in [0.4, 0.5) is 11.4 Å². The second-order valence-corrected chi connectivity index (χ2v) is 4.44. The van der Waals surface area contributed by atoms with E-state index in [-0.39, 0.29) is 18.9 Å². The maximum absolute atomic E-state index is 10.7. The Balaban J connectivity index is 0.00000289. The molecule has 0 saturated carbocycles. The van der Waals surface area contributed by atoms with Crippen molar-refractivity contribution in [1.29, 1.82) is 0 Å². The zero-order chi connectivity index (χ0) is 13.4. The van der Waals surface area contributed by atoms with Crippen LogP contribution in [0.25, 0.3) is 0 Å². The molecule has 1 aromatic carbocycles. The molecule has 0 saturated heterocycles. The smallest absolute Gasteiger partial charge is 0.744 e. The van der Waals surface area contributed by atoms with Crippen molar-refractivity contribution in [1.82, 2.24) is 0 Å². The summed E-state index contributed by atoms with van der Waals surface area (Å²) in [5.41, 5.74) is -2.22. The van der Waals surface area contributed by atoms with Gasteiger partial charge in [-0.15, -0.1) is 0 Å². The Kier molecular flexibility index (Phi) is 5.27. The molecule has 1 rings (SSSR count). The fourth-order valence-electron chi connectivity index (χ4n) is 1.05. The first-order chi connectivity index (χ1) is 7.66. The van der Waals surface area contributed by atoms with Crippen molar-refractivity contribution in [3.63, 3.8) is 0 Å². The molecule has 0 amide bonds. The average Bonchev–Trinajstić information content (AvgIpc) is 2.13. The van der Waals surface area contributed by atoms with Crippen molar-refractivity contribution in [3.8, 4) is 0 Å². The largest absolute Gasteiger partial charge is 1.00 e. The quantitative estimate of drug-likeness (QED) is 0.272. The van der Waals surface area contributed by atoms with Crippen LogP contribution in [0.1, 0.15) is 0 Å². The Morgan fingerprint density at radius 2 is 1.61 bits per heavy atom. The van der Waals surface area contributed by atoms with E-state index in [1.54, 1.807) is 0 Å². The molecule has 92 valence electrons. The van der Waals surface area contributed by atoms with Gasteiger partial charge in [-0.2, -0.15) is 0 Å². The van der Waals surface area contributed by atoms with E-state index in [9.17, 15) is 33.2 Å². The van der Waals surface area contributed by atoms with E-state index in [0.29, 0.717) is 12.1 Å². The van der Waals surface area contributed by atoms with E-state index in [2.05, 4.69) is 0 Å². The molecule has 18 heavy (non-hydrogen) atoms. The van der Waals surface area contributed by atoms with Crippen molar-refractivity contribution in [2.24, 2.45) is 0 Å². The molecule has 0 fully saturated rings. The first kappa shape index (κ1) is 16.8. The summed E-state index contributed by atoms with van der Waals surface area (Å²) in [6.07, 6.45) is 0. The Morgan fingerprint density at radius 3 is 1.94 bits per heavy atom. The maximum atomic E-state index is 10.7. The molecule has 0 N–H and O–H groups in total. The number of benzene rings is 1. The first-order valence-corrected chi connectivity index (χ1v) is 5.52. The second-order valence-electron chi connectivity index (χ2n) is 2.71. The maximum Gasteiger partial charge on any atom is 1.00 e. The number of nitrogens with zero attached hydrogens (tertiary/aromatic N) is 2. The van der Waals surface area contributed by atoms with Gasteiger partial charge in [0.15, 0.2) is 0 Å². The molecule has 0 atom stereocenters. The molecule has 0 bridgehead atoms. The van der Waals surface area contributed by atoms with Crippen molar-refractivity contribution < 1.29 is 41.7 Å². The van der Waals surface area contributed by atoms with Gasteiger partial charge in [-0.25, -0.2) is 8.42 Å². The average molecular weight is 289 g/mol. The monoisotopic (exact) mass is 288 g/mol. The van der Waals surface area contributed by atoms with Crippen molar-refractivity contribution in [2.75, 3.05) is 0 Å². The van der Waals surface area contributed by atoms with Crippen LogP contribution in [-0.2, 0) is 10.1 Å². The van der Waals surface area contributed by atoms with E-state index in [4.69, 9.17) is 11.6 Å². The summed E-state index contributed by atoms with van der Waals surface area (Å²) >= 11 is 5.31. The molecule has 9 nitrogen and oxygen atoms in total. The third-order valence-corrected chi connectivity index (χ3v) is 3.08. The molecular weight excluding hydrogens is 287 g/mol. The van der Waals surface area contributed by atoms with E-state index in [1.807, 2.05) is 0 Å². The van der Waals surface area contributed by atoms with Gasteiger partial charge in [0.05, 0.1) is 14.7 Å². The predicted molar refractivity (Wildman–Crippen MR) is 52.7 cm³/mol. The van der Waals surface area contributed by atoms with Crippen molar-refractivity contribution >= 4 is 33.1 Å².